The molecule has 2 aromatic carbocycles. The molecule has 5 rings (SSSR count). The summed E-state index contributed by atoms with van der Waals surface area (Å²) in [5.74, 6) is -0.584. The summed E-state index contributed by atoms with van der Waals surface area (Å²) in [6.45, 7) is 10.1. The van der Waals surface area contributed by atoms with Crippen molar-refractivity contribution in [2.24, 2.45) is 5.41 Å². The number of alkyl carbamates (subject to hydrolysis) is 1. The zero-order chi connectivity index (χ0) is 30.7. The van der Waals surface area contributed by atoms with E-state index in [0.29, 0.717) is 25.1 Å². The van der Waals surface area contributed by atoms with E-state index in [-0.39, 0.29) is 28.8 Å². The van der Waals surface area contributed by atoms with Gasteiger partial charge in [0.25, 0.3) is 5.91 Å². The number of aryl methyl sites for hydroxylation is 1. The normalized spacial score (nSPS) is 22.1. The predicted molar refractivity (Wildman–Crippen MR) is 159 cm³/mol. The molecule has 0 radical (unpaired) electrons. The average Bonchev–Trinajstić information content (AvgIpc) is 3.61. The van der Waals surface area contributed by atoms with Crippen LogP contribution >= 0.6 is 0 Å². The number of para-hydroxylation sites is 1. The van der Waals surface area contributed by atoms with Crippen LogP contribution in [-0.2, 0) is 14.4 Å². The lowest BCUT2D eigenvalue weighted by atomic mass is 9.93. The molecule has 0 spiro atoms. The average molecular weight is 589 g/mol. The Labute approximate surface area is 252 Å². The van der Waals surface area contributed by atoms with Gasteiger partial charge in [0.1, 0.15) is 0 Å². The van der Waals surface area contributed by atoms with Gasteiger partial charge >= 0.3 is 6.09 Å². The number of likely N-dealkylation sites (tertiary alicyclic amines) is 1. The van der Waals surface area contributed by atoms with Gasteiger partial charge < -0.3 is 15.0 Å². The Hall–Kier alpha value is -4.09. The van der Waals surface area contributed by atoms with Crippen LogP contribution in [0.1, 0.15) is 81.2 Å². The van der Waals surface area contributed by atoms with Crippen molar-refractivity contribution in [2.75, 3.05) is 6.54 Å². The van der Waals surface area contributed by atoms with Crippen molar-refractivity contribution in [1.29, 1.82) is 0 Å². The summed E-state index contributed by atoms with van der Waals surface area (Å²) >= 11 is 0. The lowest BCUT2D eigenvalue weighted by Gasteiger charge is -2.25. The maximum Gasteiger partial charge on any atom is 0.409 e. The van der Waals surface area contributed by atoms with Gasteiger partial charge in [0.2, 0.25) is 12.0 Å². The van der Waals surface area contributed by atoms with Gasteiger partial charge in [0.05, 0.1) is 23.5 Å². The first-order valence-electron chi connectivity index (χ1n) is 14.9. The molecule has 1 N–H and O–H groups in total. The highest BCUT2D eigenvalue weighted by Crippen LogP contribution is 2.37. The molecule has 5 atom stereocenters. The molecule has 2 amide bonds. The third-order valence-corrected chi connectivity index (χ3v) is 7.95. The molecule has 0 bridgehead atoms. The number of nitrogens with zero attached hydrogens (tertiary/aromatic N) is 5. The van der Waals surface area contributed by atoms with E-state index in [9.17, 15) is 14.4 Å². The lowest BCUT2D eigenvalue weighted by molar-refractivity contribution is -0.122. The van der Waals surface area contributed by atoms with E-state index in [1.807, 2.05) is 88.4 Å². The van der Waals surface area contributed by atoms with Crippen molar-refractivity contribution in [2.45, 2.75) is 84.8 Å². The Kier molecular flexibility index (Phi) is 8.93. The number of benzene rings is 2. The number of Topliss-reactive ketones (excluding diaryl/α,β-unsaturated/α-hetero) is 1. The van der Waals surface area contributed by atoms with Gasteiger partial charge in [-0.05, 0) is 43.4 Å². The number of ketones is 1. The number of rotatable bonds is 11. The SMILES string of the molecule is CCCC[C@H](NC(=O)OC1CC(C)(C)CN1C(=O)c1nn(-c2ccccc2)nc1C)C(=O)C1ON1[C@H](C)c1ccccc1. The minimum atomic E-state index is -0.822. The van der Waals surface area contributed by atoms with E-state index in [2.05, 4.69) is 15.5 Å². The van der Waals surface area contributed by atoms with Gasteiger partial charge in [-0.2, -0.15) is 9.90 Å². The highest BCUT2D eigenvalue weighted by molar-refractivity contribution is 5.94. The van der Waals surface area contributed by atoms with Gasteiger partial charge in [-0.25, -0.2) is 4.79 Å². The highest BCUT2D eigenvalue weighted by Gasteiger charge is 2.49. The van der Waals surface area contributed by atoms with Crippen molar-refractivity contribution in [3.63, 3.8) is 0 Å². The lowest BCUT2D eigenvalue weighted by Crippen LogP contribution is -2.47. The molecule has 3 unspecified atom stereocenters. The number of amides is 2. The molecule has 0 saturated carbocycles. The van der Waals surface area contributed by atoms with Crippen molar-refractivity contribution in [1.82, 2.24) is 30.3 Å². The first kappa shape index (κ1) is 30.4. The number of aromatic nitrogens is 3. The van der Waals surface area contributed by atoms with Gasteiger partial charge in [-0.3, -0.25) is 14.4 Å². The second kappa shape index (κ2) is 12.6. The van der Waals surface area contributed by atoms with E-state index in [1.165, 1.54) is 9.70 Å². The quantitative estimate of drug-likeness (QED) is 0.312. The summed E-state index contributed by atoms with van der Waals surface area (Å²) in [5, 5.41) is 13.3. The zero-order valence-corrected chi connectivity index (χ0v) is 25.4. The van der Waals surface area contributed by atoms with Gasteiger partial charge in [-0.1, -0.05) is 82.1 Å². The molecule has 3 aromatic rings. The van der Waals surface area contributed by atoms with Crippen molar-refractivity contribution in [3.8, 4) is 5.69 Å². The number of unbranched alkanes of at least 4 members (excludes halogenated alkanes) is 1. The summed E-state index contributed by atoms with van der Waals surface area (Å²) in [7, 11) is 0. The first-order valence-corrected chi connectivity index (χ1v) is 14.9. The number of carbonyl (C=O) groups is 3. The topological polar surface area (TPSA) is 122 Å². The minimum absolute atomic E-state index is 0.113. The summed E-state index contributed by atoms with van der Waals surface area (Å²) in [6, 6.07) is 18.2. The maximum atomic E-state index is 13.7. The van der Waals surface area contributed by atoms with Crippen molar-refractivity contribution < 1.29 is 24.0 Å². The first-order chi connectivity index (χ1) is 20.6. The van der Waals surface area contributed by atoms with E-state index in [1.54, 1.807) is 12.0 Å². The van der Waals surface area contributed by atoms with Crippen LogP contribution in [0.2, 0.25) is 0 Å². The zero-order valence-electron chi connectivity index (χ0n) is 25.4. The predicted octanol–water partition coefficient (Wildman–Crippen LogP) is 4.96. The molecule has 43 heavy (non-hydrogen) atoms. The second-order valence-electron chi connectivity index (χ2n) is 12.1. The van der Waals surface area contributed by atoms with Gasteiger partial charge in [-0.15, -0.1) is 10.2 Å². The van der Waals surface area contributed by atoms with E-state index in [0.717, 1.165) is 24.1 Å². The van der Waals surface area contributed by atoms with Crippen LogP contribution in [0.5, 0.6) is 0 Å². The Morgan fingerprint density at radius 3 is 2.42 bits per heavy atom. The Bertz CT molecular complexity index is 1440. The molecule has 2 fully saturated rings. The van der Waals surface area contributed by atoms with Crippen LogP contribution < -0.4 is 5.32 Å². The van der Waals surface area contributed by atoms with Gasteiger partial charge in [0, 0.05) is 13.0 Å². The van der Waals surface area contributed by atoms with E-state index < -0.39 is 24.6 Å². The fourth-order valence-corrected chi connectivity index (χ4v) is 5.51. The molecule has 11 nitrogen and oxygen atoms in total. The molecule has 2 aliphatic heterocycles. The monoisotopic (exact) mass is 588 g/mol. The van der Waals surface area contributed by atoms with Crippen molar-refractivity contribution >= 4 is 17.8 Å². The Morgan fingerprint density at radius 2 is 1.74 bits per heavy atom. The summed E-state index contributed by atoms with van der Waals surface area (Å²) < 4.78 is 5.83. The Morgan fingerprint density at radius 1 is 1.07 bits per heavy atom. The van der Waals surface area contributed by atoms with Crippen molar-refractivity contribution in [3.05, 3.63) is 77.6 Å². The Balaban J connectivity index is 1.26. The molecule has 11 heteroatoms. The molecule has 3 heterocycles. The fraction of sp³-hybridized carbons (Fsp3) is 0.469. The molecule has 1 aromatic heterocycles. The van der Waals surface area contributed by atoms with E-state index >= 15 is 0 Å². The number of hydrogen-bond donors (Lipinski definition) is 1. The molecular weight excluding hydrogens is 548 g/mol. The number of nitrogens with one attached hydrogen (secondary N) is 1. The second-order valence-corrected chi connectivity index (χ2v) is 12.1. The number of hydroxylamine groups is 2. The summed E-state index contributed by atoms with van der Waals surface area (Å²) in [5.41, 5.74) is 2.15. The third kappa shape index (κ3) is 6.94. The third-order valence-electron chi connectivity index (χ3n) is 7.95. The number of hydrogen-bond acceptors (Lipinski definition) is 8. The largest absolute Gasteiger partial charge is 0.425 e. The molecule has 2 aliphatic rings. The fourth-order valence-electron chi connectivity index (χ4n) is 5.51. The summed E-state index contributed by atoms with van der Waals surface area (Å²) in [4.78, 5) is 49.0. The molecule has 2 saturated heterocycles. The van der Waals surface area contributed by atoms with Gasteiger partial charge in [0.15, 0.2) is 11.9 Å². The standard InChI is InChI=1S/C32H40N6O5/c1-6-7-18-25(28(39)30-37(43-30)22(3)23-14-10-8-11-15-23)33-31(41)42-26-19-32(4,5)20-36(26)29(40)27-21(2)34-38(35-27)24-16-12-9-13-17-24/h8-17,22,25-26,30H,6-7,18-20H2,1-5H3,(H,33,41)/t22-,25+,26?,30?,37?/m1/s1. The molecule has 228 valence electrons. The molecular formula is C32H40N6O5. The minimum Gasteiger partial charge on any atom is -0.425 e. The molecule has 0 aliphatic carbocycles. The van der Waals surface area contributed by atoms with Crippen LogP contribution in [-0.4, -0.2) is 67.8 Å². The van der Waals surface area contributed by atoms with Crippen LogP contribution in [0, 0.1) is 12.3 Å². The van der Waals surface area contributed by atoms with Crippen LogP contribution in [0.25, 0.3) is 5.69 Å². The highest BCUT2D eigenvalue weighted by atomic mass is 16.8. The smallest absolute Gasteiger partial charge is 0.409 e. The van der Waals surface area contributed by atoms with Crippen LogP contribution in [0.4, 0.5) is 4.79 Å². The van der Waals surface area contributed by atoms with E-state index in [4.69, 9.17) is 9.57 Å². The number of ether oxygens (including phenoxy) is 1. The summed E-state index contributed by atoms with van der Waals surface area (Å²) in [6.07, 6.45) is 0.197. The number of carbonyl (C=O) groups excluding carboxylic acids is 3. The van der Waals surface area contributed by atoms with Crippen LogP contribution in [0.3, 0.4) is 0 Å². The maximum absolute atomic E-state index is 13.7. The van der Waals surface area contributed by atoms with Crippen LogP contribution in [0.15, 0.2) is 60.7 Å².